The van der Waals surface area contributed by atoms with E-state index in [1.54, 1.807) is 12.1 Å². The van der Waals surface area contributed by atoms with Crippen LogP contribution in [0.3, 0.4) is 0 Å². The summed E-state index contributed by atoms with van der Waals surface area (Å²) in [6.07, 6.45) is -0.234. The van der Waals surface area contributed by atoms with Gasteiger partial charge in [0.15, 0.2) is 0 Å². The van der Waals surface area contributed by atoms with Crippen LogP contribution in [0.25, 0.3) is 0 Å². The molecule has 2 N–H and O–H groups in total. The smallest absolute Gasteiger partial charge is 0.305 e. The largest absolute Gasteiger partial charge is 0.481 e. The van der Waals surface area contributed by atoms with Gasteiger partial charge in [0.2, 0.25) is 5.76 Å². The highest BCUT2D eigenvalue weighted by Gasteiger charge is 2.22. The highest BCUT2D eigenvalue weighted by Crippen LogP contribution is 2.21. The van der Waals surface area contributed by atoms with Gasteiger partial charge in [-0.1, -0.05) is 24.3 Å². The zero-order valence-electron chi connectivity index (χ0n) is 12.2. The summed E-state index contributed by atoms with van der Waals surface area (Å²) in [7, 11) is 1.40. The zero-order valence-corrected chi connectivity index (χ0v) is 12.2. The van der Waals surface area contributed by atoms with E-state index in [0.29, 0.717) is 0 Å². The van der Waals surface area contributed by atoms with Gasteiger partial charge >= 0.3 is 5.97 Å². The van der Waals surface area contributed by atoms with E-state index in [1.165, 1.54) is 13.2 Å². The molecule has 1 atom stereocenters. The van der Waals surface area contributed by atoms with Crippen molar-refractivity contribution in [2.75, 3.05) is 7.11 Å². The number of carbonyl (C=O) groups excluding carboxylic acids is 1. The number of aryl methyl sites for hydroxylation is 1. The summed E-state index contributed by atoms with van der Waals surface area (Å²) in [6.45, 7) is 1.85. The lowest BCUT2D eigenvalue weighted by Gasteiger charge is -2.18. The predicted octanol–water partition coefficient (Wildman–Crippen LogP) is 1.94. The number of carboxylic acid groups (broad SMARTS) is 1. The van der Waals surface area contributed by atoms with Crippen LogP contribution < -0.4 is 10.1 Å². The molecule has 1 aromatic carbocycles. The molecule has 1 unspecified atom stereocenters. The molecule has 0 aliphatic heterocycles. The molecule has 116 valence electrons. The van der Waals surface area contributed by atoms with Crippen molar-refractivity contribution in [1.82, 2.24) is 10.5 Å². The molecule has 1 aromatic heterocycles. The minimum atomic E-state index is -1.01. The Labute approximate surface area is 126 Å². The lowest BCUT2D eigenvalue weighted by Crippen LogP contribution is -2.30. The Morgan fingerprint density at radius 2 is 2.14 bits per heavy atom. The summed E-state index contributed by atoms with van der Waals surface area (Å²) in [6, 6.07) is 7.95. The first kappa shape index (κ1) is 15.6. The lowest BCUT2D eigenvalue weighted by atomic mass is 9.98. The van der Waals surface area contributed by atoms with Gasteiger partial charge in [-0.15, -0.1) is 0 Å². The molecule has 0 saturated carbocycles. The number of carboxylic acids is 1. The van der Waals surface area contributed by atoms with Crippen molar-refractivity contribution in [2.45, 2.75) is 19.4 Å². The van der Waals surface area contributed by atoms with Crippen LogP contribution >= 0.6 is 0 Å². The van der Waals surface area contributed by atoms with Crippen molar-refractivity contribution in [3.8, 4) is 5.88 Å². The Morgan fingerprint density at radius 1 is 1.41 bits per heavy atom. The van der Waals surface area contributed by atoms with Crippen molar-refractivity contribution in [2.24, 2.45) is 0 Å². The highest BCUT2D eigenvalue weighted by atomic mass is 16.5. The van der Waals surface area contributed by atoms with E-state index < -0.39 is 17.9 Å². The third kappa shape index (κ3) is 3.63. The SMILES string of the molecule is COc1cc(C(=O)NC(CC(=O)O)c2ccccc2C)on1. The number of rotatable bonds is 6. The molecular formula is C15H16N2O5. The van der Waals surface area contributed by atoms with E-state index in [2.05, 4.69) is 10.5 Å². The van der Waals surface area contributed by atoms with Gasteiger partial charge in [0.1, 0.15) is 0 Å². The standard InChI is InChI=1S/C15H16N2O5/c1-9-5-3-4-6-10(9)11(7-14(18)19)16-15(20)12-8-13(21-2)17-22-12/h3-6,8,11H,7H2,1-2H3,(H,16,20)(H,18,19). The highest BCUT2D eigenvalue weighted by molar-refractivity contribution is 5.92. The van der Waals surface area contributed by atoms with Crippen molar-refractivity contribution >= 4 is 11.9 Å². The van der Waals surface area contributed by atoms with Gasteiger partial charge in [0.25, 0.3) is 11.8 Å². The number of hydrogen-bond donors (Lipinski definition) is 2. The first-order valence-electron chi connectivity index (χ1n) is 6.60. The number of ether oxygens (including phenoxy) is 1. The van der Waals surface area contributed by atoms with Crippen LogP contribution in [-0.4, -0.2) is 29.2 Å². The summed E-state index contributed by atoms with van der Waals surface area (Å²) in [4.78, 5) is 23.2. The van der Waals surface area contributed by atoms with Gasteiger partial charge in [-0.05, 0) is 23.2 Å². The number of amides is 1. The summed E-state index contributed by atoms with van der Waals surface area (Å²) in [5, 5.41) is 15.2. The molecule has 7 nitrogen and oxygen atoms in total. The van der Waals surface area contributed by atoms with Crippen molar-refractivity contribution in [3.63, 3.8) is 0 Å². The van der Waals surface area contributed by atoms with Crippen molar-refractivity contribution < 1.29 is 24.0 Å². The lowest BCUT2D eigenvalue weighted by molar-refractivity contribution is -0.137. The van der Waals surface area contributed by atoms with Crippen LogP contribution in [0.4, 0.5) is 0 Å². The number of benzene rings is 1. The van der Waals surface area contributed by atoms with E-state index in [-0.39, 0.29) is 18.1 Å². The van der Waals surface area contributed by atoms with Crippen molar-refractivity contribution in [1.29, 1.82) is 0 Å². The minimum Gasteiger partial charge on any atom is -0.481 e. The van der Waals surface area contributed by atoms with Gasteiger partial charge in [-0.3, -0.25) is 9.59 Å². The van der Waals surface area contributed by atoms with Gasteiger partial charge in [0, 0.05) is 0 Å². The Balaban J connectivity index is 2.21. The first-order valence-corrected chi connectivity index (χ1v) is 6.60. The topological polar surface area (TPSA) is 102 Å². The molecule has 7 heteroatoms. The second-order valence-corrected chi connectivity index (χ2v) is 4.71. The van der Waals surface area contributed by atoms with Gasteiger partial charge in [-0.25, -0.2) is 0 Å². The summed E-state index contributed by atoms with van der Waals surface area (Å²) < 4.78 is 9.69. The Morgan fingerprint density at radius 3 is 2.73 bits per heavy atom. The third-order valence-electron chi connectivity index (χ3n) is 3.17. The van der Waals surface area contributed by atoms with Crippen LogP contribution in [0.5, 0.6) is 5.88 Å². The van der Waals surface area contributed by atoms with Crippen LogP contribution in [0.15, 0.2) is 34.9 Å². The van der Waals surface area contributed by atoms with E-state index in [9.17, 15) is 9.59 Å². The number of methoxy groups -OCH3 is 1. The molecule has 22 heavy (non-hydrogen) atoms. The molecular weight excluding hydrogens is 288 g/mol. The fourth-order valence-corrected chi connectivity index (χ4v) is 2.08. The van der Waals surface area contributed by atoms with Crippen LogP contribution in [0.2, 0.25) is 0 Å². The zero-order chi connectivity index (χ0) is 16.1. The Hall–Kier alpha value is -2.83. The maximum Gasteiger partial charge on any atom is 0.305 e. The average Bonchev–Trinajstić information content (AvgIpc) is 2.95. The predicted molar refractivity (Wildman–Crippen MR) is 76.7 cm³/mol. The summed E-state index contributed by atoms with van der Waals surface area (Å²) in [5.74, 6) is -1.43. The number of aliphatic carboxylic acids is 1. The van der Waals surface area contributed by atoms with Crippen LogP contribution in [0.1, 0.15) is 34.1 Å². The fraction of sp³-hybridized carbons (Fsp3) is 0.267. The normalized spacial score (nSPS) is 11.7. The molecule has 0 radical (unpaired) electrons. The third-order valence-corrected chi connectivity index (χ3v) is 3.17. The molecule has 0 saturated heterocycles. The first-order chi connectivity index (χ1) is 10.5. The number of hydrogen-bond acceptors (Lipinski definition) is 5. The summed E-state index contributed by atoms with van der Waals surface area (Å²) >= 11 is 0. The maximum atomic E-state index is 12.2. The second kappa shape index (κ2) is 6.75. The average molecular weight is 304 g/mol. The molecule has 1 heterocycles. The van der Waals surface area contributed by atoms with E-state index in [0.717, 1.165) is 11.1 Å². The Bertz CT molecular complexity index is 680. The van der Waals surface area contributed by atoms with E-state index in [1.807, 2.05) is 19.1 Å². The Kier molecular flexibility index (Phi) is 4.77. The molecule has 2 aromatic rings. The second-order valence-electron chi connectivity index (χ2n) is 4.71. The van der Waals surface area contributed by atoms with Gasteiger partial charge < -0.3 is 19.7 Å². The number of nitrogens with one attached hydrogen (secondary N) is 1. The molecule has 1 amide bonds. The van der Waals surface area contributed by atoms with Gasteiger partial charge in [0.05, 0.1) is 25.6 Å². The maximum absolute atomic E-state index is 12.2. The fourth-order valence-electron chi connectivity index (χ4n) is 2.08. The van der Waals surface area contributed by atoms with Crippen LogP contribution in [0, 0.1) is 6.92 Å². The molecule has 2 rings (SSSR count). The quantitative estimate of drug-likeness (QED) is 0.845. The monoisotopic (exact) mass is 304 g/mol. The molecule has 0 spiro atoms. The molecule has 0 fully saturated rings. The number of nitrogens with zero attached hydrogens (tertiary/aromatic N) is 1. The van der Waals surface area contributed by atoms with Crippen LogP contribution in [-0.2, 0) is 4.79 Å². The molecule has 0 aliphatic rings. The number of carbonyl (C=O) groups is 2. The minimum absolute atomic E-state index is 0.0409. The van der Waals surface area contributed by atoms with Crippen molar-refractivity contribution in [3.05, 3.63) is 47.2 Å². The molecule has 0 aliphatic carbocycles. The number of aromatic nitrogens is 1. The molecule has 0 bridgehead atoms. The summed E-state index contributed by atoms with van der Waals surface area (Å²) in [5.41, 5.74) is 1.63. The van der Waals surface area contributed by atoms with Gasteiger partial charge in [-0.2, -0.15) is 0 Å². The van der Waals surface area contributed by atoms with E-state index in [4.69, 9.17) is 14.4 Å². The van der Waals surface area contributed by atoms with E-state index >= 15 is 0 Å².